The van der Waals surface area contributed by atoms with Crippen LogP contribution >= 0.6 is 0 Å². The van der Waals surface area contributed by atoms with Crippen LogP contribution in [0.5, 0.6) is 0 Å². The second kappa shape index (κ2) is 7.56. The largest absolute Gasteiger partial charge is 0.367 e. The Morgan fingerprint density at radius 1 is 0.962 bits per heavy atom. The highest BCUT2D eigenvalue weighted by Crippen LogP contribution is 2.26. The third-order valence-electron chi connectivity index (χ3n) is 4.62. The van der Waals surface area contributed by atoms with E-state index in [1.165, 1.54) is 32.1 Å². The Kier molecular flexibility index (Phi) is 4.82. The lowest BCUT2D eigenvalue weighted by Crippen LogP contribution is -2.23. The molecule has 4 rings (SSSR count). The zero-order chi connectivity index (χ0) is 17.8. The molecule has 0 aliphatic heterocycles. The fourth-order valence-electron chi connectivity index (χ4n) is 3.33. The van der Waals surface area contributed by atoms with Gasteiger partial charge in [-0.1, -0.05) is 54.8 Å². The van der Waals surface area contributed by atoms with Gasteiger partial charge in [0.1, 0.15) is 11.6 Å². The maximum Gasteiger partial charge on any atom is 0.231 e. The van der Waals surface area contributed by atoms with Crippen molar-refractivity contribution in [3.05, 3.63) is 48.2 Å². The molecule has 0 radical (unpaired) electrons. The number of aromatic nitrogens is 3. The molecule has 134 valence electrons. The maximum absolute atomic E-state index is 5.12. The van der Waals surface area contributed by atoms with Gasteiger partial charge in [-0.25, -0.2) is 4.98 Å². The van der Waals surface area contributed by atoms with E-state index in [9.17, 15) is 0 Å². The summed E-state index contributed by atoms with van der Waals surface area (Å²) in [4.78, 5) is 9.30. The molecule has 0 bridgehead atoms. The minimum Gasteiger partial charge on any atom is -0.367 e. The molecule has 6 heteroatoms. The molecule has 3 aromatic rings. The van der Waals surface area contributed by atoms with E-state index in [1.807, 2.05) is 37.3 Å². The minimum absolute atomic E-state index is 0.476. The summed E-state index contributed by atoms with van der Waals surface area (Å²) in [6.45, 7) is 1.86. The number of nitrogens with zero attached hydrogens (tertiary/aromatic N) is 3. The second-order valence-electron chi connectivity index (χ2n) is 6.76. The molecule has 2 aromatic heterocycles. The fourth-order valence-corrected chi connectivity index (χ4v) is 3.33. The smallest absolute Gasteiger partial charge is 0.231 e. The van der Waals surface area contributed by atoms with Crippen LogP contribution in [0.2, 0.25) is 0 Å². The van der Waals surface area contributed by atoms with Gasteiger partial charge in [-0.05, 0) is 19.8 Å². The van der Waals surface area contributed by atoms with Crippen LogP contribution in [-0.4, -0.2) is 21.2 Å². The molecule has 1 saturated carbocycles. The lowest BCUT2D eigenvalue weighted by Gasteiger charge is -2.23. The van der Waals surface area contributed by atoms with Gasteiger partial charge in [0.15, 0.2) is 5.82 Å². The molecule has 0 amide bonds. The molecule has 1 aliphatic carbocycles. The third-order valence-corrected chi connectivity index (χ3v) is 4.62. The Balaban J connectivity index is 1.64. The lowest BCUT2D eigenvalue weighted by molar-refractivity contribution is 0.400. The summed E-state index contributed by atoms with van der Waals surface area (Å²) in [5.74, 6) is 2.70. The van der Waals surface area contributed by atoms with Crippen molar-refractivity contribution in [3.63, 3.8) is 0 Å². The summed E-state index contributed by atoms with van der Waals surface area (Å²) in [5.41, 5.74) is 1.93. The highest BCUT2D eigenvalue weighted by Gasteiger charge is 2.15. The highest BCUT2D eigenvalue weighted by atomic mass is 16.5. The van der Waals surface area contributed by atoms with Crippen LogP contribution in [-0.2, 0) is 0 Å². The Hall–Kier alpha value is -2.89. The number of aryl methyl sites for hydroxylation is 1. The SMILES string of the molecule is Cc1cc(Nc2nc(NC3CCCCC3)cc(-c3ccccc3)n2)no1. The Morgan fingerprint density at radius 2 is 1.77 bits per heavy atom. The molecule has 0 atom stereocenters. The van der Waals surface area contributed by atoms with Crippen molar-refractivity contribution in [2.45, 2.75) is 45.1 Å². The number of hydrogen-bond donors (Lipinski definition) is 2. The van der Waals surface area contributed by atoms with Crippen molar-refractivity contribution in [3.8, 4) is 11.3 Å². The summed E-state index contributed by atoms with van der Waals surface area (Å²) in [7, 11) is 0. The van der Waals surface area contributed by atoms with E-state index in [0.717, 1.165) is 22.8 Å². The van der Waals surface area contributed by atoms with E-state index in [0.29, 0.717) is 17.8 Å². The molecule has 0 spiro atoms. The highest BCUT2D eigenvalue weighted by molar-refractivity contribution is 5.65. The van der Waals surface area contributed by atoms with Crippen molar-refractivity contribution < 1.29 is 4.52 Å². The summed E-state index contributed by atoms with van der Waals surface area (Å²) in [5, 5.41) is 10.7. The van der Waals surface area contributed by atoms with E-state index in [4.69, 9.17) is 4.52 Å². The first-order valence-electron chi connectivity index (χ1n) is 9.18. The number of benzene rings is 1. The quantitative estimate of drug-likeness (QED) is 0.680. The monoisotopic (exact) mass is 349 g/mol. The van der Waals surface area contributed by atoms with Crippen LogP contribution in [0.25, 0.3) is 11.3 Å². The van der Waals surface area contributed by atoms with Crippen molar-refractivity contribution in [1.82, 2.24) is 15.1 Å². The van der Waals surface area contributed by atoms with Gasteiger partial charge in [0.25, 0.3) is 0 Å². The van der Waals surface area contributed by atoms with Gasteiger partial charge in [-0.3, -0.25) is 0 Å². The summed E-state index contributed by atoms with van der Waals surface area (Å²) in [6.07, 6.45) is 6.26. The average Bonchev–Trinajstić information content (AvgIpc) is 3.08. The molecule has 2 heterocycles. The van der Waals surface area contributed by atoms with Crippen LogP contribution in [0.1, 0.15) is 37.9 Å². The van der Waals surface area contributed by atoms with Gasteiger partial charge in [0.2, 0.25) is 5.95 Å². The molecule has 1 aromatic carbocycles. The van der Waals surface area contributed by atoms with Crippen LogP contribution in [0.15, 0.2) is 47.0 Å². The Bertz CT molecular complexity index is 856. The molecular formula is C20H23N5O. The van der Waals surface area contributed by atoms with Gasteiger partial charge in [-0.15, -0.1) is 0 Å². The van der Waals surface area contributed by atoms with Crippen molar-refractivity contribution in [2.75, 3.05) is 10.6 Å². The zero-order valence-corrected chi connectivity index (χ0v) is 14.9. The van der Waals surface area contributed by atoms with Gasteiger partial charge in [0.05, 0.1) is 5.69 Å². The first kappa shape index (κ1) is 16.6. The zero-order valence-electron chi connectivity index (χ0n) is 14.9. The topological polar surface area (TPSA) is 75.9 Å². The van der Waals surface area contributed by atoms with Crippen LogP contribution in [0.3, 0.4) is 0 Å². The van der Waals surface area contributed by atoms with Crippen molar-refractivity contribution >= 4 is 17.6 Å². The molecule has 2 N–H and O–H groups in total. The number of anilines is 3. The first-order chi connectivity index (χ1) is 12.8. The van der Waals surface area contributed by atoms with E-state index < -0.39 is 0 Å². The van der Waals surface area contributed by atoms with Gasteiger partial charge >= 0.3 is 0 Å². The Morgan fingerprint density at radius 3 is 2.50 bits per heavy atom. The normalized spacial score (nSPS) is 15.0. The Labute approximate surface area is 153 Å². The summed E-state index contributed by atoms with van der Waals surface area (Å²) in [6, 6.07) is 14.5. The molecular weight excluding hydrogens is 326 g/mol. The number of hydrogen-bond acceptors (Lipinski definition) is 6. The van der Waals surface area contributed by atoms with Gasteiger partial charge in [0, 0.05) is 23.7 Å². The minimum atomic E-state index is 0.476. The molecule has 0 unspecified atom stereocenters. The van der Waals surface area contributed by atoms with Crippen molar-refractivity contribution in [2.24, 2.45) is 0 Å². The van der Waals surface area contributed by atoms with E-state index in [1.54, 1.807) is 0 Å². The van der Waals surface area contributed by atoms with Gasteiger partial charge < -0.3 is 15.2 Å². The van der Waals surface area contributed by atoms with E-state index >= 15 is 0 Å². The molecule has 26 heavy (non-hydrogen) atoms. The predicted molar refractivity (Wildman–Crippen MR) is 102 cm³/mol. The second-order valence-corrected chi connectivity index (χ2v) is 6.76. The van der Waals surface area contributed by atoms with Gasteiger partial charge in [-0.2, -0.15) is 4.98 Å². The average molecular weight is 349 g/mol. The molecule has 0 saturated heterocycles. The fraction of sp³-hybridized carbons (Fsp3) is 0.350. The molecule has 6 nitrogen and oxygen atoms in total. The van der Waals surface area contributed by atoms with Crippen LogP contribution < -0.4 is 10.6 Å². The summed E-state index contributed by atoms with van der Waals surface area (Å²) >= 11 is 0. The predicted octanol–water partition coefficient (Wildman–Crippen LogP) is 4.93. The molecule has 1 fully saturated rings. The number of nitrogens with one attached hydrogen (secondary N) is 2. The van der Waals surface area contributed by atoms with Crippen LogP contribution in [0, 0.1) is 6.92 Å². The standard InChI is InChI=1S/C20H23N5O/c1-14-12-19(25-26-14)24-20-22-17(15-8-4-2-5-9-15)13-18(23-20)21-16-10-6-3-7-11-16/h2,4-5,8-9,12-13,16H,3,6-7,10-11H2,1H3,(H2,21,22,23,24,25). The maximum atomic E-state index is 5.12. The lowest BCUT2D eigenvalue weighted by atomic mass is 9.95. The molecule has 1 aliphatic rings. The third kappa shape index (κ3) is 4.02. The van der Waals surface area contributed by atoms with Crippen LogP contribution in [0.4, 0.5) is 17.6 Å². The summed E-state index contributed by atoms with van der Waals surface area (Å²) < 4.78 is 5.12. The van der Waals surface area contributed by atoms with E-state index in [2.05, 4.69) is 37.9 Å². The van der Waals surface area contributed by atoms with Crippen molar-refractivity contribution in [1.29, 1.82) is 0 Å². The van der Waals surface area contributed by atoms with E-state index in [-0.39, 0.29) is 0 Å². The first-order valence-corrected chi connectivity index (χ1v) is 9.18. The number of rotatable bonds is 5.